The van der Waals surface area contributed by atoms with Gasteiger partial charge in [-0.15, -0.1) is 0 Å². The van der Waals surface area contributed by atoms with Crippen molar-refractivity contribution >= 4 is 28.0 Å². The monoisotopic (exact) mass is 431 g/mol. The summed E-state index contributed by atoms with van der Waals surface area (Å²) in [5.74, 6) is 0. The summed E-state index contributed by atoms with van der Waals surface area (Å²) in [6.07, 6.45) is 7.98. The third-order valence-electron chi connectivity index (χ3n) is 7.20. The van der Waals surface area contributed by atoms with E-state index in [2.05, 4.69) is 122 Å². The number of rotatable bonds is 11. The molecule has 33 heavy (non-hydrogen) atoms. The van der Waals surface area contributed by atoms with E-state index in [0.29, 0.717) is 0 Å². The molecule has 0 fully saturated rings. The van der Waals surface area contributed by atoms with Crippen molar-refractivity contribution in [2.24, 2.45) is 0 Å². The van der Waals surface area contributed by atoms with Crippen molar-refractivity contribution in [3.63, 3.8) is 0 Å². The minimum Gasteiger partial charge on any atom is -0.195 e. The highest BCUT2D eigenvalue weighted by Crippen LogP contribution is 2.13. The second kappa shape index (κ2) is 11.7. The van der Waals surface area contributed by atoms with Gasteiger partial charge in [-0.1, -0.05) is 154 Å². The van der Waals surface area contributed by atoms with E-state index in [4.69, 9.17) is 0 Å². The van der Waals surface area contributed by atoms with E-state index >= 15 is 0 Å². The van der Waals surface area contributed by atoms with E-state index in [1.807, 2.05) is 0 Å². The van der Waals surface area contributed by atoms with Crippen LogP contribution in [0.2, 0.25) is 0 Å². The van der Waals surface area contributed by atoms with Gasteiger partial charge in [-0.2, -0.15) is 21.9 Å². The molecule has 0 unspecified atom stereocenters. The maximum Gasteiger partial charge on any atom is 0.108 e. The molecule has 0 radical (unpaired) electrons. The first kappa shape index (κ1) is 23.1. The second-order valence-electron chi connectivity index (χ2n) is 9.36. The molecule has 4 aromatic carbocycles. The molecule has 0 bridgehead atoms. The van der Waals surface area contributed by atoms with Gasteiger partial charge in [0.05, 0.1) is 0 Å². The van der Waals surface area contributed by atoms with E-state index in [1.165, 1.54) is 72.4 Å². The lowest BCUT2D eigenvalue weighted by Gasteiger charge is -2.44. The summed E-state index contributed by atoms with van der Waals surface area (Å²) in [5, 5.41) is 0. The molecule has 0 aliphatic carbocycles. The van der Waals surface area contributed by atoms with Crippen LogP contribution in [-0.2, 0) is 6.42 Å². The topological polar surface area (TPSA) is 0 Å². The maximum absolute atomic E-state index is 2.39. The fourth-order valence-electron chi connectivity index (χ4n) is 5.46. The van der Waals surface area contributed by atoms with Crippen LogP contribution in [-0.4, -0.2) is 6.15 Å². The lowest BCUT2D eigenvalue weighted by Crippen LogP contribution is -2.74. The normalized spacial score (nSPS) is 11.4. The fourth-order valence-corrected chi connectivity index (χ4v) is 5.46. The van der Waals surface area contributed by atoms with Crippen LogP contribution in [0.3, 0.4) is 0 Å². The number of hydrogen-bond acceptors (Lipinski definition) is 0. The van der Waals surface area contributed by atoms with Crippen LogP contribution in [0.5, 0.6) is 0 Å². The van der Waals surface area contributed by atoms with Gasteiger partial charge in [0.25, 0.3) is 0 Å². The molecule has 0 N–H and O–H groups in total. The van der Waals surface area contributed by atoms with Gasteiger partial charge in [-0.25, -0.2) is 0 Å². The molecule has 0 heterocycles. The molecule has 4 aromatic rings. The lowest BCUT2D eigenvalue weighted by molar-refractivity contribution is 0.607. The van der Waals surface area contributed by atoms with Crippen molar-refractivity contribution in [3.05, 3.63) is 121 Å². The summed E-state index contributed by atoms with van der Waals surface area (Å²) in [7, 11) is 0. The molecule has 0 spiro atoms. The Morgan fingerprint density at radius 1 is 0.424 bits per heavy atom. The van der Waals surface area contributed by atoms with E-state index in [1.54, 1.807) is 0 Å². The van der Waals surface area contributed by atoms with E-state index < -0.39 is 6.15 Å². The van der Waals surface area contributed by atoms with Crippen LogP contribution in [0.1, 0.15) is 51.0 Å². The highest BCUT2D eigenvalue weighted by Gasteiger charge is 2.31. The van der Waals surface area contributed by atoms with Crippen LogP contribution in [0.4, 0.5) is 0 Å². The first-order chi connectivity index (χ1) is 16.4. The van der Waals surface area contributed by atoms with Gasteiger partial charge in [0.15, 0.2) is 0 Å². The summed E-state index contributed by atoms with van der Waals surface area (Å²) in [6, 6.07) is 42.7. The summed E-state index contributed by atoms with van der Waals surface area (Å²) >= 11 is 0. The van der Waals surface area contributed by atoms with Crippen molar-refractivity contribution in [1.82, 2.24) is 0 Å². The number of aryl methyl sites for hydroxylation is 1. The Morgan fingerprint density at radius 2 is 0.818 bits per heavy atom. The van der Waals surface area contributed by atoms with Crippen molar-refractivity contribution in [2.45, 2.75) is 51.9 Å². The van der Waals surface area contributed by atoms with Gasteiger partial charge in [-0.3, -0.25) is 0 Å². The predicted molar refractivity (Wildman–Crippen MR) is 147 cm³/mol. The number of hydrogen-bond donors (Lipinski definition) is 0. The van der Waals surface area contributed by atoms with E-state index in [-0.39, 0.29) is 0 Å². The summed E-state index contributed by atoms with van der Waals surface area (Å²) < 4.78 is 0. The molecule has 0 aliphatic rings. The Bertz CT molecular complexity index is 973. The Hall–Kier alpha value is -3.06. The molecule has 0 saturated carbocycles. The third kappa shape index (κ3) is 5.30. The highest BCUT2D eigenvalue weighted by atomic mass is 14.1. The van der Waals surface area contributed by atoms with Crippen molar-refractivity contribution < 1.29 is 0 Å². The van der Waals surface area contributed by atoms with Gasteiger partial charge in [-0.05, 0) is 18.4 Å². The van der Waals surface area contributed by atoms with E-state index in [0.717, 1.165) is 0 Å². The minimum atomic E-state index is -1.26. The molecule has 1 heteroatoms. The summed E-state index contributed by atoms with van der Waals surface area (Å²) in [4.78, 5) is 0. The third-order valence-corrected chi connectivity index (χ3v) is 7.20. The van der Waals surface area contributed by atoms with Crippen LogP contribution in [0.15, 0.2) is 115 Å². The smallest absolute Gasteiger partial charge is 0.108 e. The summed E-state index contributed by atoms with van der Waals surface area (Å²) in [6.45, 7) is 2.28. The Labute approximate surface area is 200 Å². The second-order valence-corrected chi connectivity index (χ2v) is 9.36. The molecule has 0 aromatic heterocycles. The molecular weight excluding hydrogens is 395 g/mol. The molecule has 0 amide bonds. The first-order valence-corrected chi connectivity index (χ1v) is 12.8. The Morgan fingerprint density at radius 3 is 1.27 bits per heavy atom. The quantitative estimate of drug-likeness (QED) is 0.203. The Kier molecular flexibility index (Phi) is 8.20. The predicted octanol–water partition coefficient (Wildman–Crippen LogP) is 5.97. The SMILES string of the molecule is CCCCCCCCc1ccc([B-](c2ccccc2)(c2ccccc2)c2ccccc2)cc1. The fraction of sp³-hybridized carbons (Fsp3) is 0.250. The van der Waals surface area contributed by atoms with Gasteiger partial charge in [0, 0.05) is 0 Å². The van der Waals surface area contributed by atoms with Gasteiger partial charge >= 0.3 is 0 Å². The molecule has 0 aliphatic heterocycles. The van der Waals surface area contributed by atoms with Crippen molar-refractivity contribution in [2.75, 3.05) is 0 Å². The van der Waals surface area contributed by atoms with Gasteiger partial charge < -0.3 is 0 Å². The zero-order valence-electron chi connectivity index (χ0n) is 20.0. The van der Waals surface area contributed by atoms with Crippen LogP contribution >= 0.6 is 0 Å². The van der Waals surface area contributed by atoms with Crippen LogP contribution in [0.25, 0.3) is 0 Å². The van der Waals surface area contributed by atoms with Crippen molar-refractivity contribution in [3.8, 4) is 0 Å². The lowest BCUT2D eigenvalue weighted by atomic mass is 9.13. The molecule has 4 rings (SSSR count). The number of unbranched alkanes of at least 4 members (excludes halogenated alkanes) is 5. The van der Waals surface area contributed by atoms with Gasteiger partial charge in [0.2, 0.25) is 0 Å². The minimum absolute atomic E-state index is 1.18. The van der Waals surface area contributed by atoms with Crippen LogP contribution < -0.4 is 21.9 Å². The molecule has 168 valence electrons. The molecular formula is C32H36B-. The standard InChI is InChI=1S/C32H36B/c1-2-3-4-5-6-10-17-28-24-26-32(27-25-28)33(29-18-11-7-12-19-29,30-20-13-8-14-21-30)31-22-15-9-16-23-31/h7-9,11-16,18-27H,2-6,10,17H2,1H3/q-1. The Balaban J connectivity index is 1.72. The maximum atomic E-state index is 2.39. The zero-order chi connectivity index (χ0) is 22.8. The average molecular weight is 431 g/mol. The average Bonchev–Trinajstić information content (AvgIpc) is 2.89. The molecule has 0 nitrogen and oxygen atoms in total. The van der Waals surface area contributed by atoms with E-state index in [9.17, 15) is 0 Å². The highest BCUT2D eigenvalue weighted by molar-refractivity contribution is 7.19. The zero-order valence-corrected chi connectivity index (χ0v) is 20.0. The summed E-state index contributed by atoms with van der Waals surface area (Å²) in [5.41, 5.74) is 6.91. The first-order valence-electron chi connectivity index (χ1n) is 12.8. The van der Waals surface area contributed by atoms with Gasteiger partial charge in [0.1, 0.15) is 6.15 Å². The van der Waals surface area contributed by atoms with Crippen molar-refractivity contribution in [1.29, 1.82) is 0 Å². The molecule has 0 atom stereocenters. The number of benzene rings is 4. The molecule has 0 saturated heterocycles. The largest absolute Gasteiger partial charge is 0.195 e. The van der Waals surface area contributed by atoms with Crippen LogP contribution in [0, 0.1) is 0 Å².